The number of aliphatic carboxylic acids is 1. The van der Waals surface area contributed by atoms with E-state index in [-0.39, 0.29) is 123 Å². The Morgan fingerprint density at radius 3 is 1.08 bits per heavy atom. The van der Waals surface area contributed by atoms with Gasteiger partial charge in [0.2, 0.25) is 0 Å². The van der Waals surface area contributed by atoms with Crippen LogP contribution < -0.4 is 34.9 Å². The van der Waals surface area contributed by atoms with Crippen LogP contribution in [0.3, 0.4) is 0 Å². The number of nitrogens with zero attached hydrogens (tertiary/aromatic N) is 9. The Morgan fingerprint density at radius 1 is 0.434 bits per heavy atom. The number of amides is 3. The van der Waals surface area contributed by atoms with Crippen LogP contribution in [-0.2, 0) is 19.1 Å². The van der Waals surface area contributed by atoms with E-state index in [0.717, 1.165) is 177 Å². The van der Waals surface area contributed by atoms with Crippen LogP contribution in [-0.4, -0.2) is 193 Å². The first-order valence-electron chi connectivity index (χ1n) is 45.7. The zero-order chi connectivity index (χ0) is 92.8. The van der Waals surface area contributed by atoms with Gasteiger partial charge in [-0.25, -0.2) is 9.59 Å². The minimum absolute atomic E-state index is 0. The predicted octanol–water partition coefficient (Wildman–Crippen LogP) is 20.9. The van der Waals surface area contributed by atoms with Crippen molar-refractivity contribution in [1.82, 2.24) is 34.7 Å². The fourth-order valence-electron chi connectivity index (χ4n) is 17.9. The van der Waals surface area contributed by atoms with Crippen molar-refractivity contribution in [2.45, 2.75) is 262 Å². The summed E-state index contributed by atoms with van der Waals surface area (Å²) in [5.74, 6) is -0.800. The maximum Gasteiger partial charge on any atom is 1.00 e. The summed E-state index contributed by atoms with van der Waals surface area (Å²) in [5.41, 5.74) is 6.94. The summed E-state index contributed by atoms with van der Waals surface area (Å²) >= 11 is 38.4. The molecule has 0 bridgehead atoms. The van der Waals surface area contributed by atoms with E-state index in [1.807, 2.05) is 84.3 Å². The fraction of sp³-hybridized carbons (Fsp3) is 0.559. The molecule has 0 unspecified atom stereocenters. The summed E-state index contributed by atoms with van der Waals surface area (Å²) < 4.78 is 5.41. The number of benzene rings is 6. The van der Waals surface area contributed by atoms with E-state index in [4.69, 9.17) is 94.4 Å². The van der Waals surface area contributed by atoms with Crippen molar-refractivity contribution in [3.63, 3.8) is 0 Å². The summed E-state index contributed by atoms with van der Waals surface area (Å²) in [5, 5.41) is 24.2. The van der Waals surface area contributed by atoms with Crippen molar-refractivity contribution in [1.29, 1.82) is 0 Å². The number of hydrogen-bond acceptors (Lipinski definition) is 15. The number of likely N-dealkylation sites (tertiary alicyclic amines) is 3. The van der Waals surface area contributed by atoms with Crippen molar-refractivity contribution >= 4 is 122 Å². The summed E-state index contributed by atoms with van der Waals surface area (Å²) in [6.07, 6.45) is 13.3. The van der Waals surface area contributed by atoms with Gasteiger partial charge >= 0.3 is 47.5 Å². The number of halogens is 6. The summed E-state index contributed by atoms with van der Waals surface area (Å²) in [6.45, 7) is 46.7. The van der Waals surface area contributed by atoms with E-state index in [9.17, 15) is 33.9 Å². The number of esters is 1. The molecule has 6 aromatic rings. The number of carbonyl (C=O) groups is 6. The molecule has 0 saturated carbocycles. The number of aromatic carboxylic acids is 1. The molecule has 0 radical (unpaired) electrons. The van der Waals surface area contributed by atoms with Gasteiger partial charge in [-0.2, -0.15) is 0 Å². The van der Waals surface area contributed by atoms with E-state index in [0.29, 0.717) is 88.1 Å². The van der Waals surface area contributed by atoms with Gasteiger partial charge in [0.1, 0.15) is 28.4 Å². The molecule has 0 aliphatic carbocycles. The maximum absolute atomic E-state index is 14.6. The SMILES string of the molecule is CC(C)CCN1CCC2(CC1)N=C(c1cc(Cl)cc(Cl)c1)C(=O)N2[C@H](CCC(C)(C)C)c1ccc(C(=O)O)cc1.CC(C)CCN1CCC2(CC1)N=C(c1cc(Cl)cc(Cl)c1)C(=O)N2[C@H](CCC(C)(C)C)c1ccc(C(=O)OC(C)C)cc1.CC(C)CCN1CCC2(CC1)N=C(c1cc(Cl)cc(Cl)c1)CN2[C@H](CCC(C)(C)C)c1ccc(C(=O)NCCC(=O)O)cc1.[Na+].[OH-]. The Balaban J connectivity index is 0.000000237. The van der Waals surface area contributed by atoms with Crippen LogP contribution in [0.5, 0.6) is 0 Å². The maximum atomic E-state index is 14.6. The van der Waals surface area contributed by atoms with Crippen molar-refractivity contribution in [2.24, 2.45) is 49.0 Å². The average molecular weight is 1900 g/mol. The van der Waals surface area contributed by atoms with Crippen molar-refractivity contribution in [3.8, 4) is 0 Å². The molecule has 3 atom stereocenters. The third-order valence-corrected chi connectivity index (χ3v) is 26.5. The largest absolute Gasteiger partial charge is 1.00 e. The molecule has 12 rings (SSSR count). The minimum atomic E-state index is -0.969. The Morgan fingerprint density at radius 2 is 0.752 bits per heavy atom. The molecule has 698 valence electrons. The number of nitrogens with one attached hydrogen (secondary N) is 1. The summed E-state index contributed by atoms with van der Waals surface area (Å²) in [4.78, 5) is 107. The third kappa shape index (κ3) is 30.3. The second kappa shape index (κ2) is 47.2. The number of piperidine rings is 3. The van der Waals surface area contributed by atoms with Gasteiger partial charge in [0.05, 0.1) is 41.4 Å². The van der Waals surface area contributed by atoms with E-state index < -0.39 is 23.3 Å². The number of carboxylic acids is 2. The van der Waals surface area contributed by atoms with Gasteiger partial charge in [0, 0.05) is 131 Å². The van der Waals surface area contributed by atoms with Gasteiger partial charge in [-0.15, -0.1) is 0 Å². The molecule has 3 amide bonds. The van der Waals surface area contributed by atoms with Gasteiger partial charge in [0.15, 0.2) is 0 Å². The van der Waals surface area contributed by atoms with Gasteiger partial charge in [-0.3, -0.25) is 39.1 Å². The van der Waals surface area contributed by atoms with Gasteiger partial charge < -0.3 is 50.2 Å². The number of rotatable bonds is 31. The van der Waals surface area contributed by atoms with E-state index in [1.54, 1.807) is 54.6 Å². The van der Waals surface area contributed by atoms with Crippen molar-refractivity contribution < 1.29 is 78.8 Å². The van der Waals surface area contributed by atoms with Crippen LogP contribution >= 0.6 is 69.6 Å². The summed E-state index contributed by atoms with van der Waals surface area (Å²) in [6, 6.07) is 38.0. The van der Waals surface area contributed by atoms with E-state index >= 15 is 0 Å². The molecule has 6 heterocycles. The van der Waals surface area contributed by atoms with Crippen molar-refractivity contribution in [3.05, 3.63) is 208 Å². The quantitative estimate of drug-likeness (QED) is 0.0270. The molecule has 3 saturated heterocycles. The zero-order valence-corrected chi connectivity index (χ0v) is 85.8. The first-order chi connectivity index (χ1) is 59.7. The molecule has 0 aromatic heterocycles. The summed E-state index contributed by atoms with van der Waals surface area (Å²) in [7, 11) is 0. The van der Waals surface area contributed by atoms with Gasteiger partial charge in [-0.1, -0.05) is 210 Å². The number of ether oxygens (including phenoxy) is 1. The van der Waals surface area contributed by atoms with Crippen LogP contribution in [0.2, 0.25) is 30.1 Å². The monoisotopic (exact) mass is 1890 g/mol. The normalized spacial score (nSPS) is 17.9. The van der Waals surface area contributed by atoms with Crippen LogP contribution in [0.25, 0.3) is 0 Å². The number of carbonyl (C=O) groups excluding carboxylic acids is 4. The third-order valence-electron chi connectivity index (χ3n) is 25.2. The van der Waals surface area contributed by atoms with Crippen molar-refractivity contribution in [2.75, 3.05) is 72.0 Å². The topological polar surface area (TPSA) is 251 Å². The molecule has 6 aliphatic heterocycles. The minimum Gasteiger partial charge on any atom is -0.870 e. The van der Waals surface area contributed by atoms with Crippen LogP contribution in [0.15, 0.2) is 142 Å². The predicted molar refractivity (Wildman–Crippen MR) is 521 cm³/mol. The molecule has 6 aromatic carbocycles. The number of aliphatic imine (C=N–C) groups is 3. The molecule has 129 heavy (non-hydrogen) atoms. The fourth-order valence-corrected chi connectivity index (χ4v) is 19.5. The van der Waals surface area contributed by atoms with Gasteiger partial charge in [0.25, 0.3) is 17.7 Å². The molecule has 3 spiro atoms. The van der Waals surface area contributed by atoms with Gasteiger partial charge in [-0.05, 0) is 251 Å². The molecular weight excluding hydrogens is 1760 g/mol. The molecule has 4 N–H and O–H groups in total. The number of carboxylic acid groups (broad SMARTS) is 2. The standard InChI is InChI=1S/C35H48Cl2N4O3.C35H47Cl2N3O3.C32H41Cl2N3O3.Na.H2O/c1-24(2)12-17-40-18-14-35(15-19-40)39-30(27-20-28(36)22-29(37)21-27)23-41(35)31(10-13-34(3,4)5)25-6-8-26(9-7-25)33(44)38-16-11-32(42)43;1-23(2)13-17-39-18-15-35(16-19-39)38-31(27-20-28(36)22-29(37)21-27)32(41)40(35)30(12-14-34(5,6)7)25-8-10-26(11-9-25)33(42)43-24(3)4;1-21(2)11-15-36-16-13-32(14-17-36)35-28(24-18-25(33)20-26(34)19-24)29(38)37(32)27(10-12-31(3,4)5)22-6-8-23(9-7-22)30(39)40;;/h6-9,20-22,24,31H,10-19,23H2,1-5H3,(H,38,44)(H,42,43);8-11,20-24,30H,12-19H2,1-7H3;6-9,18-21,27H,10-17H2,1-5H3,(H,39,40);;1H2/q;;;+1;/p-1/t31-;30-;27-;;/m111../s1. The molecule has 3 fully saturated rings. The van der Waals surface area contributed by atoms with E-state index in [1.165, 1.54) is 6.42 Å². The Bertz CT molecular complexity index is 4820. The molecular formula is C102H137Cl6N10NaO10. The first-order valence-corrected chi connectivity index (χ1v) is 48.0. The van der Waals surface area contributed by atoms with Crippen LogP contribution in [0, 0.1) is 34.0 Å². The van der Waals surface area contributed by atoms with Crippen LogP contribution in [0.1, 0.15) is 303 Å². The number of hydrogen-bond donors (Lipinski definition) is 3. The Kier molecular flexibility index (Phi) is 39.6. The second-order valence-corrected chi connectivity index (χ2v) is 43.4. The molecule has 27 heteroatoms. The Labute approximate surface area is 819 Å². The Hall–Kier alpha value is -6.31. The average Bonchev–Trinajstić information content (AvgIpc) is 1.59. The van der Waals surface area contributed by atoms with Crippen LogP contribution in [0.4, 0.5) is 0 Å². The second-order valence-electron chi connectivity index (χ2n) is 40.8. The first kappa shape index (κ1) is 108. The van der Waals surface area contributed by atoms with E-state index in [2.05, 4.69) is 141 Å². The zero-order valence-electron chi connectivity index (χ0n) is 79.2. The smallest absolute Gasteiger partial charge is 0.870 e. The molecule has 20 nitrogen and oxygen atoms in total. The molecule has 6 aliphatic rings.